The number of rotatable bonds is 4. The van der Waals surface area contributed by atoms with Crippen molar-refractivity contribution in [3.05, 3.63) is 21.6 Å². The molecular formula is C10H15N3OS. The first kappa shape index (κ1) is 10.7. The molecule has 0 unspecified atom stereocenters. The van der Waals surface area contributed by atoms with Gasteiger partial charge in [0.05, 0.1) is 5.69 Å². The highest BCUT2D eigenvalue weighted by molar-refractivity contribution is 7.99. The third kappa shape index (κ3) is 2.41. The predicted octanol–water partition coefficient (Wildman–Crippen LogP) is 0.700. The minimum Gasteiger partial charge on any atom is -0.330 e. The zero-order valence-electron chi connectivity index (χ0n) is 8.58. The fraction of sp³-hybridized carbons (Fsp3) is 0.600. The number of thioether (sulfide) groups is 1. The summed E-state index contributed by atoms with van der Waals surface area (Å²) in [5, 5.41) is 0.745. The number of H-pyrrole nitrogens is 1. The lowest BCUT2D eigenvalue weighted by Gasteiger charge is -2.02. The van der Waals surface area contributed by atoms with Crippen LogP contribution in [0.3, 0.4) is 0 Å². The predicted molar refractivity (Wildman–Crippen MR) is 61.3 cm³/mol. The lowest BCUT2D eigenvalue weighted by molar-refractivity contribution is 0.865. The lowest BCUT2D eigenvalue weighted by atomic mass is 10.3. The van der Waals surface area contributed by atoms with Crippen LogP contribution in [0.25, 0.3) is 0 Å². The SMILES string of the molecule is NCCCSc1nc2c(c(=O)[nH]1)CCC2. The maximum Gasteiger partial charge on any atom is 0.254 e. The number of nitrogens with one attached hydrogen (secondary N) is 1. The van der Waals surface area contributed by atoms with Gasteiger partial charge in [0.15, 0.2) is 5.16 Å². The quantitative estimate of drug-likeness (QED) is 0.449. The minimum absolute atomic E-state index is 0.0488. The minimum atomic E-state index is 0.0488. The summed E-state index contributed by atoms with van der Waals surface area (Å²) < 4.78 is 0. The van der Waals surface area contributed by atoms with Crippen LogP contribution in [-0.4, -0.2) is 22.3 Å². The first-order valence-electron chi connectivity index (χ1n) is 5.26. The Bertz CT molecular complexity index is 402. The van der Waals surface area contributed by atoms with Gasteiger partial charge in [0, 0.05) is 11.3 Å². The summed E-state index contributed by atoms with van der Waals surface area (Å²) in [5.74, 6) is 0.915. The van der Waals surface area contributed by atoms with Gasteiger partial charge in [-0.05, 0) is 32.2 Å². The monoisotopic (exact) mass is 225 g/mol. The molecule has 0 aliphatic heterocycles. The number of aromatic nitrogens is 2. The standard InChI is InChI=1S/C10H15N3OS/c11-5-2-6-15-10-12-8-4-1-3-7(8)9(14)13-10/h1-6,11H2,(H,12,13,14). The van der Waals surface area contributed by atoms with E-state index in [1.54, 1.807) is 11.8 Å². The van der Waals surface area contributed by atoms with Gasteiger partial charge in [-0.25, -0.2) is 4.98 Å². The van der Waals surface area contributed by atoms with Crippen molar-refractivity contribution in [2.24, 2.45) is 5.73 Å². The molecule has 82 valence electrons. The van der Waals surface area contributed by atoms with Gasteiger partial charge in [0.2, 0.25) is 0 Å². The summed E-state index contributed by atoms with van der Waals surface area (Å²) >= 11 is 1.58. The van der Waals surface area contributed by atoms with Crippen molar-refractivity contribution >= 4 is 11.8 Å². The smallest absolute Gasteiger partial charge is 0.254 e. The Morgan fingerprint density at radius 2 is 2.33 bits per heavy atom. The highest BCUT2D eigenvalue weighted by atomic mass is 32.2. The highest BCUT2D eigenvalue weighted by Gasteiger charge is 2.16. The molecule has 0 amide bonds. The summed E-state index contributed by atoms with van der Waals surface area (Å²) in [7, 11) is 0. The van der Waals surface area contributed by atoms with Crippen molar-refractivity contribution in [1.82, 2.24) is 9.97 Å². The molecule has 0 aromatic carbocycles. The molecule has 1 aromatic heterocycles. The average molecular weight is 225 g/mol. The second kappa shape index (κ2) is 4.81. The van der Waals surface area contributed by atoms with Crippen LogP contribution in [-0.2, 0) is 12.8 Å². The summed E-state index contributed by atoms with van der Waals surface area (Å²) in [6, 6.07) is 0. The molecular weight excluding hydrogens is 210 g/mol. The number of fused-ring (bicyclic) bond motifs is 1. The fourth-order valence-corrected chi connectivity index (χ4v) is 2.58. The van der Waals surface area contributed by atoms with Crippen LogP contribution in [0.2, 0.25) is 0 Å². The van der Waals surface area contributed by atoms with E-state index in [0.717, 1.165) is 47.8 Å². The third-order valence-electron chi connectivity index (χ3n) is 2.51. The fourth-order valence-electron chi connectivity index (χ4n) is 1.74. The topological polar surface area (TPSA) is 71.8 Å². The molecule has 0 bridgehead atoms. The van der Waals surface area contributed by atoms with Crippen LogP contribution in [0.15, 0.2) is 9.95 Å². The molecule has 1 aliphatic carbocycles. The molecule has 0 saturated carbocycles. The summed E-state index contributed by atoms with van der Waals surface area (Å²) in [5.41, 5.74) is 7.34. The first-order chi connectivity index (χ1) is 7.31. The molecule has 5 heteroatoms. The molecule has 0 radical (unpaired) electrons. The Balaban J connectivity index is 2.13. The van der Waals surface area contributed by atoms with Crippen molar-refractivity contribution in [3.8, 4) is 0 Å². The zero-order valence-corrected chi connectivity index (χ0v) is 9.40. The molecule has 3 N–H and O–H groups in total. The van der Waals surface area contributed by atoms with E-state index in [2.05, 4.69) is 9.97 Å². The van der Waals surface area contributed by atoms with Crippen LogP contribution in [0.5, 0.6) is 0 Å². The summed E-state index contributed by atoms with van der Waals surface area (Å²) in [4.78, 5) is 18.9. The number of aromatic amines is 1. The molecule has 0 fully saturated rings. The number of aryl methyl sites for hydroxylation is 1. The van der Waals surface area contributed by atoms with E-state index in [4.69, 9.17) is 5.73 Å². The molecule has 1 aliphatic rings. The van der Waals surface area contributed by atoms with Crippen molar-refractivity contribution in [3.63, 3.8) is 0 Å². The van der Waals surface area contributed by atoms with Crippen LogP contribution < -0.4 is 11.3 Å². The number of nitrogens with two attached hydrogens (primary N) is 1. The summed E-state index contributed by atoms with van der Waals surface area (Å²) in [6.45, 7) is 0.683. The van der Waals surface area contributed by atoms with Gasteiger partial charge < -0.3 is 10.7 Å². The number of nitrogens with zero attached hydrogens (tertiary/aromatic N) is 1. The van der Waals surface area contributed by atoms with Gasteiger partial charge in [-0.15, -0.1) is 0 Å². The van der Waals surface area contributed by atoms with E-state index in [-0.39, 0.29) is 5.56 Å². The Morgan fingerprint density at radius 1 is 1.47 bits per heavy atom. The van der Waals surface area contributed by atoms with Gasteiger partial charge in [0.1, 0.15) is 0 Å². The lowest BCUT2D eigenvalue weighted by Crippen LogP contribution is -2.15. The first-order valence-corrected chi connectivity index (χ1v) is 6.25. The van der Waals surface area contributed by atoms with E-state index >= 15 is 0 Å². The zero-order chi connectivity index (χ0) is 10.7. The average Bonchev–Trinajstić information content (AvgIpc) is 2.66. The van der Waals surface area contributed by atoms with Crippen molar-refractivity contribution < 1.29 is 0 Å². The highest BCUT2D eigenvalue weighted by Crippen LogP contribution is 2.19. The van der Waals surface area contributed by atoms with Crippen LogP contribution >= 0.6 is 11.8 Å². The van der Waals surface area contributed by atoms with Crippen LogP contribution in [0.4, 0.5) is 0 Å². The van der Waals surface area contributed by atoms with Gasteiger partial charge >= 0.3 is 0 Å². The van der Waals surface area contributed by atoms with E-state index in [1.165, 1.54) is 0 Å². The maximum atomic E-state index is 11.6. The van der Waals surface area contributed by atoms with E-state index in [0.29, 0.717) is 6.54 Å². The van der Waals surface area contributed by atoms with E-state index < -0.39 is 0 Å². The molecule has 0 spiro atoms. The van der Waals surface area contributed by atoms with Gasteiger partial charge in [-0.1, -0.05) is 11.8 Å². The Hall–Kier alpha value is -0.810. The van der Waals surface area contributed by atoms with Gasteiger partial charge in [-0.2, -0.15) is 0 Å². The largest absolute Gasteiger partial charge is 0.330 e. The van der Waals surface area contributed by atoms with Crippen molar-refractivity contribution in [2.45, 2.75) is 30.8 Å². The van der Waals surface area contributed by atoms with Gasteiger partial charge in [-0.3, -0.25) is 4.79 Å². The molecule has 2 rings (SSSR count). The second-order valence-electron chi connectivity index (χ2n) is 3.64. The Kier molecular flexibility index (Phi) is 3.43. The molecule has 4 nitrogen and oxygen atoms in total. The van der Waals surface area contributed by atoms with E-state index in [9.17, 15) is 4.79 Å². The van der Waals surface area contributed by atoms with Gasteiger partial charge in [0.25, 0.3) is 5.56 Å². The molecule has 1 heterocycles. The normalized spacial score (nSPS) is 14.2. The van der Waals surface area contributed by atoms with Crippen molar-refractivity contribution in [2.75, 3.05) is 12.3 Å². The molecule has 0 atom stereocenters. The maximum absolute atomic E-state index is 11.6. The third-order valence-corrected chi connectivity index (χ3v) is 3.47. The number of hydrogen-bond acceptors (Lipinski definition) is 4. The van der Waals surface area contributed by atoms with E-state index in [1.807, 2.05) is 0 Å². The molecule has 0 saturated heterocycles. The second-order valence-corrected chi connectivity index (χ2v) is 4.72. The summed E-state index contributed by atoms with van der Waals surface area (Å²) in [6.07, 6.45) is 3.84. The van der Waals surface area contributed by atoms with Crippen molar-refractivity contribution in [1.29, 1.82) is 0 Å². The molecule has 1 aromatic rings. The van der Waals surface area contributed by atoms with Crippen LogP contribution in [0.1, 0.15) is 24.1 Å². The molecule has 15 heavy (non-hydrogen) atoms. The number of hydrogen-bond donors (Lipinski definition) is 2. The Morgan fingerprint density at radius 3 is 3.13 bits per heavy atom. The van der Waals surface area contributed by atoms with Crippen LogP contribution in [0, 0.1) is 0 Å². The Labute approximate surface area is 92.7 Å².